The summed E-state index contributed by atoms with van der Waals surface area (Å²) in [6, 6.07) is 10.6. The average Bonchev–Trinajstić information content (AvgIpc) is 2.88. The average molecular weight is 229 g/mol. The van der Waals surface area contributed by atoms with Gasteiger partial charge in [-0.25, -0.2) is 4.98 Å². The van der Waals surface area contributed by atoms with Crippen molar-refractivity contribution in [1.82, 2.24) is 15.3 Å². The molecule has 90 valence electrons. The molecule has 0 aliphatic carbocycles. The quantitative estimate of drug-likeness (QED) is 0.714. The van der Waals surface area contributed by atoms with Crippen LogP contribution in [0, 0.1) is 0 Å². The van der Waals surface area contributed by atoms with Gasteiger partial charge in [0.25, 0.3) is 0 Å². The van der Waals surface area contributed by atoms with Gasteiger partial charge in [0, 0.05) is 25.4 Å². The summed E-state index contributed by atoms with van der Waals surface area (Å²) in [4.78, 5) is 7.29. The van der Waals surface area contributed by atoms with Crippen LogP contribution < -0.4 is 5.32 Å². The second kappa shape index (κ2) is 6.86. The third-order valence-corrected chi connectivity index (χ3v) is 2.76. The van der Waals surface area contributed by atoms with Gasteiger partial charge in [0.2, 0.25) is 0 Å². The zero-order chi connectivity index (χ0) is 11.8. The zero-order valence-corrected chi connectivity index (χ0v) is 10.0. The Bertz CT molecular complexity index is 395. The number of aromatic amines is 1. The molecule has 0 atom stereocenters. The molecule has 0 bridgehead atoms. The predicted molar refractivity (Wildman–Crippen MR) is 69.9 cm³/mol. The number of nitrogens with one attached hydrogen (secondary N) is 2. The molecular formula is C14H19N3. The summed E-state index contributed by atoms with van der Waals surface area (Å²) in [5, 5.41) is 3.43. The molecular weight excluding hydrogens is 210 g/mol. The normalized spacial score (nSPS) is 10.6. The highest BCUT2D eigenvalue weighted by atomic mass is 14.9. The maximum atomic E-state index is 4.19. The molecule has 1 aromatic heterocycles. The van der Waals surface area contributed by atoms with Crippen molar-refractivity contribution in [1.29, 1.82) is 0 Å². The summed E-state index contributed by atoms with van der Waals surface area (Å²) < 4.78 is 0. The van der Waals surface area contributed by atoms with Crippen molar-refractivity contribution in [3.05, 3.63) is 54.1 Å². The molecule has 0 unspecified atom stereocenters. The number of aromatic nitrogens is 2. The van der Waals surface area contributed by atoms with Crippen molar-refractivity contribution in [3.8, 4) is 0 Å². The van der Waals surface area contributed by atoms with Crippen LogP contribution in [-0.4, -0.2) is 23.1 Å². The standard InChI is InChI=1S/C14H19N3/c1-2-5-13(6-3-1)7-4-9-15-10-8-14-16-11-12-17-14/h1-3,5-6,11-12,15H,4,7-10H2,(H,16,17). The van der Waals surface area contributed by atoms with E-state index < -0.39 is 0 Å². The summed E-state index contributed by atoms with van der Waals surface area (Å²) in [7, 11) is 0. The minimum Gasteiger partial charge on any atom is -0.349 e. The highest BCUT2D eigenvalue weighted by molar-refractivity contribution is 5.14. The first-order valence-corrected chi connectivity index (χ1v) is 6.18. The lowest BCUT2D eigenvalue weighted by atomic mass is 10.1. The smallest absolute Gasteiger partial charge is 0.107 e. The zero-order valence-electron chi connectivity index (χ0n) is 10.0. The Morgan fingerprint density at radius 3 is 2.71 bits per heavy atom. The predicted octanol–water partition coefficient (Wildman–Crippen LogP) is 2.17. The van der Waals surface area contributed by atoms with Crippen LogP contribution in [0.15, 0.2) is 42.7 Å². The molecule has 3 nitrogen and oxygen atoms in total. The van der Waals surface area contributed by atoms with E-state index in [1.807, 2.05) is 6.20 Å². The molecule has 1 aromatic carbocycles. The van der Waals surface area contributed by atoms with Crippen molar-refractivity contribution in [2.45, 2.75) is 19.3 Å². The van der Waals surface area contributed by atoms with Gasteiger partial charge in [-0.1, -0.05) is 30.3 Å². The third kappa shape index (κ3) is 4.41. The lowest BCUT2D eigenvalue weighted by Gasteiger charge is -2.03. The fourth-order valence-corrected chi connectivity index (χ4v) is 1.83. The largest absolute Gasteiger partial charge is 0.349 e. The second-order valence-corrected chi connectivity index (χ2v) is 4.13. The van der Waals surface area contributed by atoms with Gasteiger partial charge in [-0.3, -0.25) is 0 Å². The summed E-state index contributed by atoms with van der Waals surface area (Å²) in [5.41, 5.74) is 1.42. The number of hydrogen-bond donors (Lipinski definition) is 2. The highest BCUT2D eigenvalue weighted by Gasteiger charge is 1.94. The SMILES string of the molecule is c1ccc(CCCNCCc2ncc[nH]2)cc1. The number of imidazole rings is 1. The van der Waals surface area contributed by atoms with E-state index in [1.165, 1.54) is 12.0 Å². The first kappa shape index (κ1) is 11.9. The molecule has 2 aromatic rings. The van der Waals surface area contributed by atoms with E-state index in [1.54, 1.807) is 6.20 Å². The second-order valence-electron chi connectivity index (χ2n) is 4.13. The van der Waals surface area contributed by atoms with Crippen LogP contribution >= 0.6 is 0 Å². The summed E-state index contributed by atoms with van der Waals surface area (Å²) >= 11 is 0. The van der Waals surface area contributed by atoms with E-state index in [0.717, 1.165) is 31.8 Å². The van der Waals surface area contributed by atoms with Gasteiger partial charge in [0.05, 0.1) is 0 Å². The molecule has 0 amide bonds. The van der Waals surface area contributed by atoms with Crippen molar-refractivity contribution in [2.24, 2.45) is 0 Å². The monoisotopic (exact) mass is 229 g/mol. The van der Waals surface area contributed by atoms with E-state index in [0.29, 0.717) is 0 Å². The number of aryl methyl sites for hydroxylation is 1. The molecule has 0 radical (unpaired) electrons. The van der Waals surface area contributed by atoms with Crippen molar-refractivity contribution < 1.29 is 0 Å². The van der Waals surface area contributed by atoms with Crippen LogP contribution in [0.25, 0.3) is 0 Å². The van der Waals surface area contributed by atoms with E-state index >= 15 is 0 Å². The molecule has 0 aliphatic heterocycles. The molecule has 2 rings (SSSR count). The fraction of sp³-hybridized carbons (Fsp3) is 0.357. The van der Waals surface area contributed by atoms with Crippen molar-refractivity contribution in [2.75, 3.05) is 13.1 Å². The lowest BCUT2D eigenvalue weighted by molar-refractivity contribution is 0.639. The topological polar surface area (TPSA) is 40.7 Å². The minimum atomic E-state index is 0.971. The van der Waals surface area contributed by atoms with Gasteiger partial charge < -0.3 is 10.3 Å². The van der Waals surface area contributed by atoms with Gasteiger partial charge in [-0.2, -0.15) is 0 Å². The van der Waals surface area contributed by atoms with Crippen LogP contribution in [-0.2, 0) is 12.8 Å². The Balaban J connectivity index is 1.52. The lowest BCUT2D eigenvalue weighted by Crippen LogP contribution is -2.19. The van der Waals surface area contributed by atoms with Gasteiger partial charge in [-0.05, 0) is 24.9 Å². The van der Waals surface area contributed by atoms with Crippen molar-refractivity contribution >= 4 is 0 Å². The summed E-state index contributed by atoms with van der Waals surface area (Å²) in [6.07, 6.45) is 6.96. The van der Waals surface area contributed by atoms with Crippen LogP contribution in [0.4, 0.5) is 0 Å². The molecule has 3 heteroatoms. The van der Waals surface area contributed by atoms with Crippen LogP contribution in [0.5, 0.6) is 0 Å². The number of benzene rings is 1. The van der Waals surface area contributed by atoms with Gasteiger partial charge >= 0.3 is 0 Å². The van der Waals surface area contributed by atoms with E-state index in [4.69, 9.17) is 0 Å². The fourth-order valence-electron chi connectivity index (χ4n) is 1.83. The number of rotatable bonds is 7. The molecule has 1 heterocycles. The first-order chi connectivity index (χ1) is 8.45. The number of nitrogens with zero attached hydrogens (tertiary/aromatic N) is 1. The Labute approximate surface area is 102 Å². The molecule has 0 aliphatic rings. The Kier molecular flexibility index (Phi) is 4.79. The van der Waals surface area contributed by atoms with E-state index in [-0.39, 0.29) is 0 Å². The van der Waals surface area contributed by atoms with Crippen LogP contribution in [0.2, 0.25) is 0 Å². The van der Waals surface area contributed by atoms with E-state index in [9.17, 15) is 0 Å². The Hall–Kier alpha value is -1.61. The third-order valence-electron chi connectivity index (χ3n) is 2.76. The molecule has 0 saturated heterocycles. The number of H-pyrrole nitrogens is 1. The Morgan fingerprint density at radius 2 is 1.94 bits per heavy atom. The van der Waals surface area contributed by atoms with E-state index in [2.05, 4.69) is 45.6 Å². The van der Waals surface area contributed by atoms with Crippen molar-refractivity contribution in [3.63, 3.8) is 0 Å². The highest BCUT2D eigenvalue weighted by Crippen LogP contribution is 2.01. The Morgan fingerprint density at radius 1 is 1.06 bits per heavy atom. The maximum absolute atomic E-state index is 4.19. The first-order valence-electron chi connectivity index (χ1n) is 6.18. The maximum Gasteiger partial charge on any atom is 0.107 e. The molecule has 0 saturated carbocycles. The van der Waals surface area contributed by atoms with Crippen LogP contribution in [0.1, 0.15) is 17.8 Å². The van der Waals surface area contributed by atoms with Crippen LogP contribution in [0.3, 0.4) is 0 Å². The molecule has 17 heavy (non-hydrogen) atoms. The molecule has 0 fully saturated rings. The van der Waals surface area contributed by atoms with Gasteiger partial charge in [0.15, 0.2) is 0 Å². The van der Waals surface area contributed by atoms with Gasteiger partial charge in [0.1, 0.15) is 5.82 Å². The van der Waals surface area contributed by atoms with Gasteiger partial charge in [-0.15, -0.1) is 0 Å². The molecule has 2 N–H and O–H groups in total. The molecule has 0 spiro atoms. The summed E-state index contributed by atoms with van der Waals surface area (Å²) in [6.45, 7) is 2.05. The number of hydrogen-bond acceptors (Lipinski definition) is 2. The summed E-state index contributed by atoms with van der Waals surface area (Å²) in [5.74, 6) is 1.06. The minimum absolute atomic E-state index is 0.971.